The number of amides is 1. The lowest BCUT2D eigenvalue weighted by molar-refractivity contribution is -0.133. The fourth-order valence-corrected chi connectivity index (χ4v) is 3.83. The number of carbonyl (C=O) groups is 1. The van der Waals surface area contributed by atoms with E-state index in [1.807, 2.05) is 16.6 Å². The molecule has 2 N–H and O–H groups in total. The van der Waals surface area contributed by atoms with Crippen molar-refractivity contribution in [2.45, 2.75) is 44.5 Å². The molecule has 1 atom stereocenters. The van der Waals surface area contributed by atoms with Crippen LogP contribution >= 0.6 is 0 Å². The van der Waals surface area contributed by atoms with Crippen LogP contribution in [0.4, 0.5) is 0 Å². The Kier molecular flexibility index (Phi) is 6.29. The molecule has 0 unspecified atom stereocenters. The maximum Gasteiger partial charge on any atom is 0.237 e. The quantitative estimate of drug-likeness (QED) is 0.743. The summed E-state index contributed by atoms with van der Waals surface area (Å²) in [6.45, 7) is 4.22. The third-order valence-corrected chi connectivity index (χ3v) is 5.60. The molecule has 1 aromatic rings. The van der Waals surface area contributed by atoms with Crippen LogP contribution in [0.5, 0.6) is 0 Å². The van der Waals surface area contributed by atoms with Gasteiger partial charge in [-0.25, -0.2) is 0 Å². The van der Waals surface area contributed by atoms with Crippen LogP contribution in [-0.4, -0.2) is 93.5 Å². The first-order valence-electron chi connectivity index (χ1n) is 9.50. The van der Waals surface area contributed by atoms with Crippen LogP contribution in [0, 0.1) is 0 Å². The van der Waals surface area contributed by atoms with Gasteiger partial charge in [0.15, 0.2) is 0 Å². The smallest absolute Gasteiger partial charge is 0.237 e. The second-order valence-corrected chi connectivity index (χ2v) is 7.60. The van der Waals surface area contributed by atoms with Gasteiger partial charge in [0.25, 0.3) is 0 Å². The van der Waals surface area contributed by atoms with Gasteiger partial charge in [-0.3, -0.25) is 14.4 Å². The summed E-state index contributed by atoms with van der Waals surface area (Å²) in [6.07, 6.45) is 2.09. The molecule has 26 heavy (non-hydrogen) atoms. The largest absolute Gasteiger partial charge is 0.393 e. The molecule has 3 rings (SSSR count). The summed E-state index contributed by atoms with van der Waals surface area (Å²) in [5, 5.41) is 23.3. The Morgan fingerprint density at radius 1 is 1.35 bits per heavy atom. The lowest BCUT2D eigenvalue weighted by Crippen LogP contribution is -2.46. The number of nitrogens with zero attached hydrogens (tertiary/aromatic N) is 5. The molecule has 0 spiro atoms. The zero-order chi connectivity index (χ0) is 18.7. The van der Waals surface area contributed by atoms with E-state index in [-0.39, 0.29) is 12.5 Å². The van der Waals surface area contributed by atoms with Crippen molar-refractivity contribution in [2.24, 2.45) is 0 Å². The van der Waals surface area contributed by atoms with E-state index < -0.39 is 6.10 Å². The van der Waals surface area contributed by atoms with Crippen LogP contribution in [-0.2, 0) is 17.9 Å². The predicted octanol–water partition coefficient (Wildman–Crippen LogP) is -0.333. The number of likely N-dealkylation sites (N-methyl/N-ethyl adjacent to an activating group) is 1. The van der Waals surface area contributed by atoms with Crippen LogP contribution < -0.4 is 0 Å². The van der Waals surface area contributed by atoms with Crippen molar-refractivity contribution in [2.75, 3.05) is 46.9 Å². The van der Waals surface area contributed by atoms with Crippen LogP contribution in [0.3, 0.4) is 0 Å². The van der Waals surface area contributed by atoms with E-state index in [1.165, 1.54) is 0 Å². The lowest BCUT2D eigenvalue weighted by Gasteiger charge is -2.35. The highest BCUT2D eigenvalue weighted by Gasteiger charge is 2.26. The van der Waals surface area contributed by atoms with E-state index in [0.717, 1.165) is 51.1 Å². The molecule has 0 aromatic carbocycles. The summed E-state index contributed by atoms with van der Waals surface area (Å²) >= 11 is 0. The van der Waals surface area contributed by atoms with Crippen molar-refractivity contribution >= 4 is 5.91 Å². The van der Waals surface area contributed by atoms with E-state index in [9.17, 15) is 9.90 Å². The molecule has 2 aliphatic rings. The van der Waals surface area contributed by atoms with Gasteiger partial charge in [0, 0.05) is 19.1 Å². The van der Waals surface area contributed by atoms with Crippen LogP contribution in [0.15, 0.2) is 6.07 Å². The average molecular weight is 365 g/mol. The maximum atomic E-state index is 12.8. The van der Waals surface area contributed by atoms with Gasteiger partial charge in [-0.2, -0.15) is 5.10 Å². The summed E-state index contributed by atoms with van der Waals surface area (Å²) in [7, 11) is 4.19. The molecular weight excluding hydrogens is 334 g/mol. The predicted molar refractivity (Wildman–Crippen MR) is 97.5 cm³/mol. The highest BCUT2D eigenvalue weighted by molar-refractivity contribution is 5.78. The summed E-state index contributed by atoms with van der Waals surface area (Å²) in [6, 6.07) is 2.27. The Morgan fingerprint density at radius 3 is 2.77 bits per heavy atom. The molecule has 0 radical (unpaired) electrons. The van der Waals surface area contributed by atoms with E-state index >= 15 is 0 Å². The number of carbonyl (C=O) groups excluding carboxylic acids is 1. The Labute approximate surface area is 155 Å². The van der Waals surface area contributed by atoms with Gasteiger partial charge in [0.2, 0.25) is 5.91 Å². The van der Waals surface area contributed by atoms with E-state index in [4.69, 9.17) is 5.11 Å². The number of aromatic nitrogens is 2. The van der Waals surface area contributed by atoms with Crippen molar-refractivity contribution in [3.8, 4) is 0 Å². The number of hydrogen-bond donors (Lipinski definition) is 2. The molecule has 1 fully saturated rings. The normalized spacial score (nSPS) is 20.9. The SMILES string of the molecule is CN1CCC(N(C)CC(=O)N2CCCn3nc([C@@H](O)CO)cc3C2)CC1. The maximum absolute atomic E-state index is 12.8. The van der Waals surface area contributed by atoms with Crippen molar-refractivity contribution in [3.05, 3.63) is 17.5 Å². The Hall–Kier alpha value is -1.48. The first-order chi connectivity index (χ1) is 12.5. The highest BCUT2D eigenvalue weighted by Crippen LogP contribution is 2.19. The number of aliphatic hydroxyl groups excluding tert-OH is 2. The molecule has 0 saturated carbocycles. The Balaban J connectivity index is 1.60. The fraction of sp³-hybridized carbons (Fsp3) is 0.778. The van der Waals surface area contributed by atoms with Crippen molar-refractivity contribution in [1.29, 1.82) is 0 Å². The topological polar surface area (TPSA) is 85.1 Å². The number of aryl methyl sites for hydroxylation is 1. The van der Waals surface area contributed by atoms with Crippen molar-refractivity contribution in [3.63, 3.8) is 0 Å². The molecule has 0 aliphatic carbocycles. The minimum absolute atomic E-state index is 0.144. The number of likely N-dealkylation sites (tertiary alicyclic amines) is 1. The van der Waals surface area contributed by atoms with Crippen molar-refractivity contribution in [1.82, 2.24) is 24.5 Å². The Bertz CT molecular complexity index is 612. The van der Waals surface area contributed by atoms with Gasteiger partial charge in [0.05, 0.1) is 31.1 Å². The fourth-order valence-electron chi connectivity index (χ4n) is 3.83. The van der Waals surface area contributed by atoms with E-state index in [0.29, 0.717) is 24.8 Å². The molecule has 1 amide bonds. The summed E-state index contributed by atoms with van der Waals surface area (Å²) in [4.78, 5) is 19.2. The molecule has 2 aliphatic heterocycles. The molecule has 8 nitrogen and oxygen atoms in total. The minimum Gasteiger partial charge on any atom is -0.393 e. The van der Waals surface area contributed by atoms with Gasteiger partial charge in [-0.15, -0.1) is 0 Å². The number of rotatable bonds is 5. The standard InChI is InChI=1S/C18H31N5O3/c1-20-8-4-14(5-9-20)21(2)12-18(26)22-6-3-7-23-15(11-22)10-16(19-23)17(25)13-24/h10,14,17,24-25H,3-9,11-13H2,1-2H3/t17-/m0/s1. The first-order valence-corrected chi connectivity index (χ1v) is 9.50. The number of aliphatic hydroxyl groups is 2. The number of piperidine rings is 1. The first kappa shape index (κ1) is 19.3. The molecule has 1 saturated heterocycles. The number of hydrogen-bond acceptors (Lipinski definition) is 6. The van der Waals surface area contributed by atoms with Gasteiger partial charge >= 0.3 is 0 Å². The van der Waals surface area contributed by atoms with E-state index in [1.54, 1.807) is 6.07 Å². The molecule has 146 valence electrons. The third-order valence-electron chi connectivity index (χ3n) is 5.60. The average Bonchev–Trinajstić information content (AvgIpc) is 2.93. The minimum atomic E-state index is -0.964. The highest BCUT2D eigenvalue weighted by atomic mass is 16.3. The zero-order valence-electron chi connectivity index (χ0n) is 15.8. The summed E-state index contributed by atoms with van der Waals surface area (Å²) in [5.41, 5.74) is 1.39. The number of fused-ring (bicyclic) bond motifs is 1. The monoisotopic (exact) mass is 365 g/mol. The van der Waals surface area contributed by atoms with E-state index in [2.05, 4.69) is 21.9 Å². The van der Waals surface area contributed by atoms with Crippen molar-refractivity contribution < 1.29 is 15.0 Å². The van der Waals surface area contributed by atoms with Crippen LogP contribution in [0.2, 0.25) is 0 Å². The zero-order valence-corrected chi connectivity index (χ0v) is 15.8. The molecule has 3 heterocycles. The lowest BCUT2D eigenvalue weighted by atomic mass is 10.0. The third kappa shape index (κ3) is 4.43. The Morgan fingerprint density at radius 2 is 2.08 bits per heavy atom. The molecule has 1 aromatic heterocycles. The molecular formula is C18H31N5O3. The summed E-state index contributed by atoms with van der Waals surface area (Å²) < 4.78 is 1.85. The van der Waals surface area contributed by atoms with Gasteiger partial charge in [0.1, 0.15) is 6.10 Å². The second kappa shape index (κ2) is 8.47. The molecule has 8 heteroatoms. The summed E-state index contributed by atoms with van der Waals surface area (Å²) in [5.74, 6) is 0.144. The van der Waals surface area contributed by atoms with Gasteiger partial charge < -0.3 is 20.0 Å². The van der Waals surface area contributed by atoms with Gasteiger partial charge in [-0.1, -0.05) is 0 Å². The second-order valence-electron chi connectivity index (χ2n) is 7.60. The van der Waals surface area contributed by atoms with Crippen LogP contribution in [0.25, 0.3) is 0 Å². The van der Waals surface area contributed by atoms with Crippen LogP contribution in [0.1, 0.15) is 36.8 Å². The van der Waals surface area contributed by atoms with Gasteiger partial charge in [-0.05, 0) is 52.5 Å². The molecule has 0 bridgehead atoms.